The number of pyridine rings is 2. The Bertz CT molecular complexity index is 1060. The van der Waals surface area contributed by atoms with E-state index >= 15 is 0 Å². The number of benzene rings is 1. The van der Waals surface area contributed by atoms with E-state index in [0.29, 0.717) is 16.2 Å². The molecule has 1 aromatic carbocycles. The number of carbonyl (C=O) groups is 1. The number of hydrogen-bond donors (Lipinski definition) is 1. The van der Waals surface area contributed by atoms with E-state index in [9.17, 15) is 4.79 Å². The molecule has 4 rings (SSSR count). The number of hydrogen-bond acceptors (Lipinski definition) is 4. The molecule has 0 aliphatic carbocycles. The first-order valence-electron chi connectivity index (χ1n) is 10.1. The van der Waals surface area contributed by atoms with Crippen LogP contribution in [0.2, 0.25) is 5.02 Å². The highest BCUT2D eigenvalue weighted by atomic mass is 35.5. The molecule has 30 heavy (non-hydrogen) atoms. The summed E-state index contributed by atoms with van der Waals surface area (Å²) in [5.41, 5.74) is 4.63. The molecule has 3 heterocycles. The maximum atomic E-state index is 13.4. The minimum absolute atomic E-state index is 0. The normalized spacial score (nSPS) is 14.2. The third kappa shape index (κ3) is 4.52. The molecule has 0 atom stereocenters. The zero-order valence-corrected chi connectivity index (χ0v) is 18.8. The summed E-state index contributed by atoms with van der Waals surface area (Å²) in [5, 5.41) is 4.98. The second-order valence-corrected chi connectivity index (χ2v) is 8.02. The zero-order valence-electron chi connectivity index (χ0n) is 17.2. The molecule has 1 amide bonds. The van der Waals surface area contributed by atoms with E-state index in [1.807, 2.05) is 49.1 Å². The van der Waals surface area contributed by atoms with Crippen LogP contribution >= 0.6 is 24.0 Å². The number of likely N-dealkylation sites (tertiary alicyclic amines) is 1. The number of carbonyl (C=O) groups excluding carboxylic acids is 1. The van der Waals surface area contributed by atoms with Gasteiger partial charge in [-0.25, -0.2) is 9.97 Å². The van der Waals surface area contributed by atoms with Crippen molar-refractivity contribution in [3.05, 3.63) is 58.4 Å². The predicted octanol–water partition coefficient (Wildman–Crippen LogP) is 6.08. The van der Waals surface area contributed by atoms with E-state index < -0.39 is 0 Å². The third-order valence-corrected chi connectivity index (χ3v) is 5.93. The molecule has 1 saturated heterocycles. The molecule has 2 aromatic heterocycles. The van der Waals surface area contributed by atoms with Crippen LogP contribution in [-0.2, 0) is 0 Å². The van der Waals surface area contributed by atoms with Crippen LogP contribution in [0, 0.1) is 13.8 Å². The number of rotatable bonds is 3. The molecule has 0 spiro atoms. The van der Waals surface area contributed by atoms with E-state index in [2.05, 4.69) is 15.3 Å². The van der Waals surface area contributed by atoms with Crippen molar-refractivity contribution in [2.75, 3.05) is 18.4 Å². The van der Waals surface area contributed by atoms with Crippen molar-refractivity contribution in [2.45, 2.75) is 39.5 Å². The summed E-state index contributed by atoms with van der Waals surface area (Å²) in [6.07, 6.45) is 6.10. The van der Waals surface area contributed by atoms with E-state index in [4.69, 9.17) is 11.6 Å². The summed E-state index contributed by atoms with van der Waals surface area (Å²) in [6.45, 7) is 5.48. The first-order valence-corrected chi connectivity index (χ1v) is 10.5. The van der Waals surface area contributed by atoms with Gasteiger partial charge in [0.05, 0.1) is 11.3 Å². The van der Waals surface area contributed by atoms with Crippen molar-refractivity contribution < 1.29 is 4.79 Å². The van der Waals surface area contributed by atoms with Crippen LogP contribution in [0.5, 0.6) is 0 Å². The highest BCUT2D eigenvalue weighted by Crippen LogP contribution is 2.33. The van der Waals surface area contributed by atoms with E-state index in [1.54, 1.807) is 6.20 Å². The van der Waals surface area contributed by atoms with Gasteiger partial charge in [-0.3, -0.25) is 4.79 Å². The maximum absolute atomic E-state index is 13.4. The number of aryl methyl sites for hydroxylation is 1. The van der Waals surface area contributed by atoms with Gasteiger partial charge in [0.2, 0.25) is 0 Å². The van der Waals surface area contributed by atoms with E-state index in [0.717, 1.165) is 53.9 Å². The standard InChI is InChI=1S/C23H25ClN4O.ClH/c1-15-10-11-17-21(27-20-9-7-8-19(24)16(20)2)18(14-25-22(17)26-15)23(29)28-12-5-3-4-6-13-28;/h7-11,14H,3-6,12-13H2,1-2H3,(H,25,26,27);1H. The second kappa shape index (κ2) is 9.63. The van der Waals surface area contributed by atoms with Crippen LogP contribution in [0.3, 0.4) is 0 Å². The largest absolute Gasteiger partial charge is 0.354 e. The lowest BCUT2D eigenvalue weighted by Gasteiger charge is -2.23. The van der Waals surface area contributed by atoms with E-state index in [-0.39, 0.29) is 18.3 Å². The van der Waals surface area contributed by atoms with Crippen molar-refractivity contribution in [3.63, 3.8) is 0 Å². The van der Waals surface area contributed by atoms with Crippen molar-refractivity contribution in [2.24, 2.45) is 0 Å². The predicted molar refractivity (Wildman–Crippen MR) is 125 cm³/mol. The minimum Gasteiger partial charge on any atom is -0.354 e. The highest BCUT2D eigenvalue weighted by Gasteiger charge is 2.23. The van der Waals surface area contributed by atoms with Crippen molar-refractivity contribution >= 4 is 52.3 Å². The molecule has 3 aromatic rings. The topological polar surface area (TPSA) is 58.1 Å². The average molecular weight is 445 g/mol. The second-order valence-electron chi connectivity index (χ2n) is 7.61. The third-order valence-electron chi connectivity index (χ3n) is 5.52. The first kappa shape index (κ1) is 22.3. The summed E-state index contributed by atoms with van der Waals surface area (Å²) in [7, 11) is 0. The number of fused-ring (bicyclic) bond motifs is 1. The van der Waals surface area contributed by atoms with Gasteiger partial charge in [0.25, 0.3) is 5.91 Å². The Morgan fingerprint density at radius 1 is 1.07 bits per heavy atom. The Labute approximate surface area is 188 Å². The molecule has 158 valence electrons. The maximum Gasteiger partial charge on any atom is 0.257 e. The molecule has 1 N–H and O–H groups in total. The van der Waals surface area contributed by atoms with Crippen molar-refractivity contribution in [3.8, 4) is 0 Å². The number of amides is 1. The van der Waals surface area contributed by atoms with Gasteiger partial charge in [-0.1, -0.05) is 30.5 Å². The molecule has 0 unspecified atom stereocenters. The highest BCUT2D eigenvalue weighted by molar-refractivity contribution is 6.31. The van der Waals surface area contributed by atoms with Crippen LogP contribution < -0.4 is 5.32 Å². The number of nitrogens with one attached hydrogen (secondary N) is 1. The first-order chi connectivity index (χ1) is 14.0. The molecule has 0 saturated carbocycles. The lowest BCUT2D eigenvalue weighted by Crippen LogP contribution is -2.32. The summed E-state index contributed by atoms with van der Waals surface area (Å²) >= 11 is 6.32. The van der Waals surface area contributed by atoms with Crippen LogP contribution in [0.15, 0.2) is 36.5 Å². The molecule has 0 bridgehead atoms. The van der Waals surface area contributed by atoms with Gasteiger partial charge in [0.1, 0.15) is 0 Å². The molecule has 7 heteroatoms. The summed E-state index contributed by atoms with van der Waals surface area (Å²) in [5.74, 6) is 0.0176. The molecule has 0 radical (unpaired) electrons. The smallest absolute Gasteiger partial charge is 0.257 e. The van der Waals surface area contributed by atoms with Crippen LogP contribution in [0.4, 0.5) is 11.4 Å². The fraction of sp³-hybridized carbons (Fsp3) is 0.348. The van der Waals surface area contributed by atoms with Gasteiger partial charge in [-0.15, -0.1) is 12.4 Å². The van der Waals surface area contributed by atoms with Gasteiger partial charge >= 0.3 is 0 Å². The monoisotopic (exact) mass is 444 g/mol. The molecule has 1 aliphatic rings. The molecular formula is C23H26Cl2N4O. The quantitative estimate of drug-likeness (QED) is 0.531. The number of nitrogens with zero attached hydrogens (tertiary/aromatic N) is 3. The van der Waals surface area contributed by atoms with E-state index in [1.165, 1.54) is 12.8 Å². The summed E-state index contributed by atoms with van der Waals surface area (Å²) in [6, 6.07) is 9.66. The lowest BCUT2D eigenvalue weighted by molar-refractivity contribution is 0.0762. The van der Waals surface area contributed by atoms with Crippen molar-refractivity contribution in [1.82, 2.24) is 14.9 Å². The Balaban J connectivity index is 0.00000256. The zero-order chi connectivity index (χ0) is 20.4. The van der Waals surface area contributed by atoms with Crippen LogP contribution in [0.25, 0.3) is 11.0 Å². The van der Waals surface area contributed by atoms with Gasteiger partial charge in [-0.05, 0) is 56.5 Å². The Kier molecular flexibility index (Phi) is 7.16. The number of anilines is 2. The Morgan fingerprint density at radius 3 is 2.53 bits per heavy atom. The molecule has 5 nitrogen and oxygen atoms in total. The van der Waals surface area contributed by atoms with Crippen LogP contribution in [-0.4, -0.2) is 33.9 Å². The Morgan fingerprint density at radius 2 is 1.80 bits per heavy atom. The molecular weight excluding hydrogens is 419 g/mol. The van der Waals surface area contributed by atoms with Crippen LogP contribution in [0.1, 0.15) is 47.3 Å². The fourth-order valence-electron chi connectivity index (χ4n) is 3.79. The van der Waals surface area contributed by atoms with Gasteiger partial charge in [0.15, 0.2) is 5.65 Å². The minimum atomic E-state index is 0. The Hall–Kier alpha value is -2.37. The van der Waals surface area contributed by atoms with Gasteiger partial charge in [-0.2, -0.15) is 0 Å². The average Bonchev–Trinajstić information content (AvgIpc) is 3.00. The number of aromatic nitrogens is 2. The summed E-state index contributed by atoms with van der Waals surface area (Å²) in [4.78, 5) is 24.4. The number of halogens is 2. The van der Waals surface area contributed by atoms with Crippen molar-refractivity contribution in [1.29, 1.82) is 0 Å². The van der Waals surface area contributed by atoms with Gasteiger partial charge < -0.3 is 10.2 Å². The fourth-order valence-corrected chi connectivity index (χ4v) is 3.96. The van der Waals surface area contributed by atoms with Gasteiger partial charge in [0, 0.05) is 41.1 Å². The lowest BCUT2D eigenvalue weighted by atomic mass is 10.1. The SMILES string of the molecule is Cc1ccc2c(Nc3cccc(Cl)c3C)c(C(=O)N3CCCCCC3)cnc2n1.Cl. The summed E-state index contributed by atoms with van der Waals surface area (Å²) < 4.78 is 0. The molecule has 1 fully saturated rings. The molecule has 1 aliphatic heterocycles.